The third-order valence-electron chi connectivity index (χ3n) is 3.93. The number of hydrogen-bond acceptors (Lipinski definition) is 2. The Balaban J connectivity index is 2.01. The van der Waals surface area contributed by atoms with Gasteiger partial charge in [-0.25, -0.2) is 0 Å². The van der Waals surface area contributed by atoms with Gasteiger partial charge in [-0.3, -0.25) is 12.0 Å². The Morgan fingerprint density at radius 2 is 1.94 bits per heavy atom. The van der Waals surface area contributed by atoms with Crippen molar-refractivity contribution in [1.82, 2.24) is 9.88 Å². The second-order valence-corrected chi connectivity index (χ2v) is 5.26. The van der Waals surface area contributed by atoms with Gasteiger partial charge in [-0.2, -0.15) is 0 Å². The fraction of sp³-hybridized carbons (Fsp3) is 0.375. The van der Waals surface area contributed by atoms with Crippen LogP contribution in [0.15, 0.2) is 30.3 Å². The molecule has 0 spiro atoms. The Labute approximate surface area is 109 Å². The summed E-state index contributed by atoms with van der Waals surface area (Å²) in [5.41, 5.74) is 3.69. The first-order chi connectivity index (χ1) is 8.74. The fourth-order valence-electron chi connectivity index (χ4n) is 2.88. The second-order valence-electron chi connectivity index (χ2n) is 5.26. The van der Waals surface area contributed by atoms with Gasteiger partial charge in [-0.05, 0) is 56.5 Å². The monoisotopic (exact) mass is 239 g/mol. The highest BCUT2D eigenvalue weighted by molar-refractivity contribution is 5.82. The smallest absolute Gasteiger partial charge is 0.0708 e. The summed E-state index contributed by atoms with van der Waals surface area (Å²) in [6.45, 7) is 4.24. The van der Waals surface area contributed by atoms with E-state index >= 15 is 0 Å². The van der Waals surface area contributed by atoms with E-state index in [4.69, 9.17) is 0 Å². The van der Waals surface area contributed by atoms with Crippen molar-refractivity contribution in [3.8, 4) is 0 Å². The van der Waals surface area contributed by atoms with Gasteiger partial charge in [0.25, 0.3) is 0 Å². The van der Waals surface area contributed by atoms with Crippen molar-refractivity contribution in [3.63, 3.8) is 0 Å². The topological polar surface area (TPSA) is 16.1 Å². The maximum atomic E-state index is 4.62. The molecule has 18 heavy (non-hydrogen) atoms. The zero-order valence-electron chi connectivity index (χ0n) is 10.9. The van der Waals surface area contributed by atoms with Gasteiger partial charge in [-0.15, -0.1) is 0 Å². The van der Waals surface area contributed by atoms with Crippen LogP contribution in [0, 0.1) is 14.0 Å². The van der Waals surface area contributed by atoms with Crippen LogP contribution in [0.1, 0.15) is 30.0 Å². The summed E-state index contributed by atoms with van der Waals surface area (Å²) in [4.78, 5) is 6.79. The van der Waals surface area contributed by atoms with Gasteiger partial charge < -0.3 is 4.90 Å². The molecule has 0 bridgehead atoms. The third kappa shape index (κ3) is 2.13. The number of hydrogen-bond donors (Lipinski definition) is 0. The van der Waals surface area contributed by atoms with Crippen LogP contribution in [0.2, 0.25) is 0 Å². The molecular formula is C16H19N2-. The first kappa shape index (κ1) is 11.7. The van der Waals surface area contributed by atoms with Crippen LogP contribution < -0.4 is 0 Å². The molecule has 2 heterocycles. The molecule has 2 aromatic rings. The quantitative estimate of drug-likeness (QED) is 0.708. The van der Waals surface area contributed by atoms with Crippen molar-refractivity contribution >= 4 is 10.9 Å². The van der Waals surface area contributed by atoms with E-state index in [9.17, 15) is 0 Å². The highest BCUT2D eigenvalue weighted by atomic mass is 15.1. The molecule has 1 aliphatic heterocycles. The van der Waals surface area contributed by atoms with E-state index in [0.717, 1.165) is 24.3 Å². The standard InChI is InChI=1S/C16H19N2/c1-12-6-7-15-14(4-3-5-16(15)17-12)13-8-10-18(2)11-9-13/h3-7,13H,2,8-11H2,1H3/q-1. The van der Waals surface area contributed by atoms with Gasteiger partial charge >= 0.3 is 0 Å². The number of rotatable bonds is 1. The number of nitrogens with zero attached hydrogens (tertiary/aromatic N) is 2. The van der Waals surface area contributed by atoms with Gasteiger partial charge in [0.2, 0.25) is 0 Å². The van der Waals surface area contributed by atoms with Crippen molar-refractivity contribution in [3.05, 3.63) is 48.6 Å². The molecule has 0 radical (unpaired) electrons. The van der Waals surface area contributed by atoms with Gasteiger partial charge in [0.05, 0.1) is 5.52 Å². The summed E-state index contributed by atoms with van der Waals surface area (Å²) < 4.78 is 0. The Hall–Kier alpha value is -1.41. The predicted octanol–water partition coefficient (Wildman–Crippen LogP) is 3.51. The van der Waals surface area contributed by atoms with E-state index in [1.165, 1.54) is 23.8 Å². The second kappa shape index (κ2) is 4.69. The van der Waals surface area contributed by atoms with E-state index in [1.807, 2.05) is 6.92 Å². The van der Waals surface area contributed by atoms with Crippen molar-refractivity contribution in [2.24, 2.45) is 0 Å². The van der Waals surface area contributed by atoms with Crippen LogP contribution in [0.5, 0.6) is 0 Å². The van der Waals surface area contributed by atoms with Crippen LogP contribution in [-0.4, -0.2) is 23.0 Å². The number of aryl methyl sites for hydroxylation is 1. The van der Waals surface area contributed by atoms with E-state index in [0.29, 0.717) is 5.92 Å². The Kier molecular flexibility index (Phi) is 3.04. The zero-order valence-corrected chi connectivity index (χ0v) is 10.9. The molecule has 2 heteroatoms. The summed E-state index contributed by atoms with van der Waals surface area (Å²) in [7, 11) is 4.02. The molecule has 2 nitrogen and oxygen atoms in total. The van der Waals surface area contributed by atoms with Crippen molar-refractivity contribution in [2.45, 2.75) is 25.7 Å². The molecule has 1 aliphatic rings. The minimum absolute atomic E-state index is 0.663. The Bertz CT molecular complexity index is 554. The predicted molar refractivity (Wildman–Crippen MR) is 75.4 cm³/mol. The molecule has 3 rings (SSSR count). The van der Waals surface area contributed by atoms with Crippen molar-refractivity contribution in [1.29, 1.82) is 0 Å². The summed E-state index contributed by atoms with van der Waals surface area (Å²) in [6, 6.07) is 10.9. The molecule has 1 saturated heterocycles. The molecular weight excluding hydrogens is 220 g/mol. The lowest BCUT2D eigenvalue weighted by Gasteiger charge is -2.35. The van der Waals surface area contributed by atoms with Crippen LogP contribution in [-0.2, 0) is 0 Å². The van der Waals surface area contributed by atoms with E-state index < -0.39 is 0 Å². The van der Waals surface area contributed by atoms with Crippen LogP contribution in [0.3, 0.4) is 0 Å². The Morgan fingerprint density at radius 3 is 2.72 bits per heavy atom. The third-order valence-corrected chi connectivity index (χ3v) is 3.93. The molecule has 1 aromatic carbocycles. The number of pyridine rings is 1. The largest absolute Gasteiger partial charge is 0.459 e. The zero-order chi connectivity index (χ0) is 12.5. The molecule has 1 fully saturated rings. The first-order valence-electron chi connectivity index (χ1n) is 6.66. The van der Waals surface area contributed by atoms with Crippen LogP contribution >= 0.6 is 0 Å². The van der Waals surface area contributed by atoms with Gasteiger partial charge in [0.1, 0.15) is 0 Å². The summed E-state index contributed by atoms with van der Waals surface area (Å²) >= 11 is 0. The molecule has 0 N–H and O–H groups in total. The number of fused-ring (bicyclic) bond motifs is 1. The summed E-state index contributed by atoms with van der Waals surface area (Å²) in [5.74, 6) is 0.663. The molecule has 0 saturated carbocycles. The maximum Gasteiger partial charge on any atom is 0.0708 e. The van der Waals surface area contributed by atoms with Crippen molar-refractivity contribution < 1.29 is 0 Å². The molecule has 0 aliphatic carbocycles. The lowest BCUT2D eigenvalue weighted by Crippen LogP contribution is -2.27. The van der Waals surface area contributed by atoms with E-state index in [1.54, 1.807) is 0 Å². The summed E-state index contributed by atoms with van der Waals surface area (Å²) in [6.07, 6.45) is 2.41. The first-order valence-corrected chi connectivity index (χ1v) is 6.66. The number of likely N-dealkylation sites (tertiary alicyclic amines) is 1. The highest BCUT2D eigenvalue weighted by Gasteiger charge is 2.18. The van der Waals surface area contributed by atoms with Gasteiger partial charge in [0, 0.05) is 11.1 Å². The van der Waals surface area contributed by atoms with Gasteiger partial charge in [0.15, 0.2) is 0 Å². The molecule has 0 amide bonds. The van der Waals surface area contributed by atoms with E-state index in [2.05, 4.69) is 47.3 Å². The fourth-order valence-corrected chi connectivity index (χ4v) is 2.88. The Morgan fingerprint density at radius 1 is 1.17 bits per heavy atom. The number of aromatic nitrogens is 1. The maximum absolute atomic E-state index is 4.62. The average Bonchev–Trinajstić information content (AvgIpc) is 2.38. The van der Waals surface area contributed by atoms with Crippen LogP contribution in [0.25, 0.3) is 10.9 Å². The molecule has 0 unspecified atom stereocenters. The highest BCUT2D eigenvalue weighted by Crippen LogP contribution is 2.32. The molecule has 0 atom stereocenters. The lowest BCUT2D eigenvalue weighted by atomic mass is 9.87. The molecule has 94 valence electrons. The number of piperidine rings is 1. The van der Waals surface area contributed by atoms with E-state index in [-0.39, 0.29) is 0 Å². The van der Waals surface area contributed by atoms with Gasteiger partial charge in [-0.1, -0.05) is 18.2 Å². The average molecular weight is 239 g/mol. The lowest BCUT2D eigenvalue weighted by molar-refractivity contribution is 0.281. The molecule has 1 aromatic heterocycles. The SMILES string of the molecule is [CH2-]N1CCC(c2cccc3nc(C)ccc23)CC1. The summed E-state index contributed by atoms with van der Waals surface area (Å²) in [5, 5.41) is 1.32. The van der Waals surface area contributed by atoms with Crippen molar-refractivity contribution in [2.75, 3.05) is 13.1 Å². The normalized spacial score (nSPS) is 18.3. The number of benzene rings is 1. The minimum Gasteiger partial charge on any atom is -0.459 e. The van der Waals surface area contributed by atoms with Crippen LogP contribution in [0.4, 0.5) is 0 Å². The minimum atomic E-state index is 0.663.